The molecule has 0 saturated carbocycles. The van der Waals surface area contributed by atoms with E-state index in [9.17, 15) is 0 Å². The Bertz CT molecular complexity index is 538. The highest BCUT2D eigenvalue weighted by Gasteiger charge is 2.37. The molecule has 0 spiro atoms. The Balaban J connectivity index is 2.75. The van der Waals surface area contributed by atoms with Gasteiger partial charge in [-0.05, 0) is 29.4 Å². The van der Waals surface area contributed by atoms with Crippen LogP contribution in [0.1, 0.15) is 45.9 Å². The van der Waals surface area contributed by atoms with Gasteiger partial charge in [0.05, 0.1) is 0 Å². The molecule has 0 saturated heterocycles. The molecule has 1 aromatic carbocycles. The topological polar surface area (TPSA) is 15.8 Å². The Morgan fingerprint density at radius 3 is 2.12 bits per heavy atom. The molecule has 0 atom stereocenters. The van der Waals surface area contributed by atoms with Crippen LogP contribution < -0.4 is 0 Å². The van der Waals surface area contributed by atoms with Gasteiger partial charge in [0.1, 0.15) is 0 Å². The standard InChI is InChI=1S/C16H23N/c1-11-14(16(5,6)15(2,3)4)12-9-7-8-10-13(12)17-11/h7-10,17H,1-6H3. The molecule has 1 N–H and O–H groups in total. The van der Waals surface area contributed by atoms with Gasteiger partial charge in [-0.1, -0.05) is 52.8 Å². The Kier molecular flexibility index (Phi) is 2.61. The predicted octanol–water partition coefficient (Wildman–Crippen LogP) is 4.80. The van der Waals surface area contributed by atoms with Gasteiger partial charge in [0.15, 0.2) is 0 Å². The minimum Gasteiger partial charge on any atom is -0.358 e. The van der Waals surface area contributed by atoms with Crippen molar-refractivity contribution in [1.29, 1.82) is 0 Å². The van der Waals surface area contributed by atoms with Crippen LogP contribution in [0.25, 0.3) is 10.9 Å². The third-order valence-electron chi connectivity index (χ3n) is 4.39. The Morgan fingerprint density at radius 2 is 1.53 bits per heavy atom. The van der Waals surface area contributed by atoms with Crippen molar-refractivity contribution in [2.45, 2.75) is 47.0 Å². The lowest BCUT2D eigenvalue weighted by atomic mass is 9.64. The zero-order chi connectivity index (χ0) is 12.8. The van der Waals surface area contributed by atoms with E-state index < -0.39 is 0 Å². The molecule has 0 bridgehead atoms. The third-order valence-corrected chi connectivity index (χ3v) is 4.39. The van der Waals surface area contributed by atoms with Gasteiger partial charge in [-0.2, -0.15) is 0 Å². The third kappa shape index (κ3) is 1.78. The molecular weight excluding hydrogens is 206 g/mol. The summed E-state index contributed by atoms with van der Waals surface area (Å²) in [6, 6.07) is 8.59. The van der Waals surface area contributed by atoms with E-state index in [0.29, 0.717) is 0 Å². The number of rotatable bonds is 1. The van der Waals surface area contributed by atoms with E-state index in [-0.39, 0.29) is 10.8 Å². The maximum Gasteiger partial charge on any atom is 0.0459 e. The zero-order valence-corrected chi connectivity index (χ0v) is 11.8. The van der Waals surface area contributed by atoms with E-state index in [0.717, 1.165) is 0 Å². The largest absolute Gasteiger partial charge is 0.358 e. The normalized spacial score (nSPS) is 13.3. The number of para-hydroxylation sites is 1. The molecule has 2 rings (SSSR count). The molecule has 2 aromatic rings. The second-order valence-corrected chi connectivity index (χ2v) is 6.55. The smallest absolute Gasteiger partial charge is 0.0459 e. The molecule has 0 radical (unpaired) electrons. The minimum atomic E-state index is 0.149. The summed E-state index contributed by atoms with van der Waals surface area (Å²) in [7, 11) is 0. The van der Waals surface area contributed by atoms with Crippen molar-refractivity contribution >= 4 is 10.9 Å². The SMILES string of the molecule is Cc1[nH]c2ccccc2c1C(C)(C)C(C)(C)C. The van der Waals surface area contributed by atoms with Crippen LogP contribution in [0.15, 0.2) is 24.3 Å². The van der Waals surface area contributed by atoms with Gasteiger partial charge in [0.25, 0.3) is 0 Å². The van der Waals surface area contributed by atoms with Gasteiger partial charge in [-0.15, -0.1) is 0 Å². The predicted molar refractivity (Wildman–Crippen MR) is 75.5 cm³/mol. The first-order valence-corrected chi connectivity index (χ1v) is 6.33. The van der Waals surface area contributed by atoms with Crippen LogP contribution >= 0.6 is 0 Å². The van der Waals surface area contributed by atoms with E-state index in [2.05, 4.69) is 70.8 Å². The van der Waals surface area contributed by atoms with Crippen LogP contribution in [0.3, 0.4) is 0 Å². The van der Waals surface area contributed by atoms with Crippen LogP contribution in [0.4, 0.5) is 0 Å². The maximum absolute atomic E-state index is 3.51. The lowest BCUT2D eigenvalue weighted by molar-refractivity contribution is 0.226. The molecule has 1 nitrogen and oxygen atoms in total. The summed E-state index contributed by atoms with van der Waals surface area (Å²) in [5, 5.41) is 1.37. The van der Waals surface area contributed by atoms with Crippen LogP contribution in [0.2, 0.25) is 0 Å². The van der Waals surface area contributed by atoms with Crippen LogP contribution in [-0.2, 0) is 5.41 Å². The lowest BCUT2D eigenvalue weighted by Crippen LogP contribution is -2.34. The van der Waals surface area contributed by atoms with Crippen molar-refractivity contribution < 1.29 is 0 Å². The summed E-state index contributed by atoms with van der Waals surface area (Å²) in [5.41, 5.74) is 4.39. The molecular formula is C16H23N. The number of benzene rings is 1. The van der Waals surface area contributed by atoms with Gasteiger partial charge >= 0.3 is 0 Å². The van der Waals surface area contributed by atoms with E-state index in [1.165, 1.54) is 22.2 Å². The first-order chi connectivity index (χ1) is 7.75. The monoisotopic (exact) mass is 229 g/mol. The fourth-order valence-corrected chi connectivity index (χ4v) is 2.46. The quantitative estimate of drug-likeness (QED) is 0.723. The Labute approximate surface area is 104 Å². The van der Waals surface area contributed by atoms with Gasteiger partial charge in [0, 0.05) is 16.6 Å². The van der Waals surface area contributed by atoms with Gasteiger partial charge < -0.3 is 4.98 Å². The molecule has 0 aliphatic rings. The first kappa shape index (κ1) is 12.2. The van der Waals surface area contributed by atoms with Crippen LogP contribution in [-0.4, -0.2) is 4.98 Å². The molecule has 0 aliphatic heterocycles. The van der Waals surface area contributed by atoms with E-state index in [4.69, 9.17) is 0 Å². The Morgan fingerprint density at radius 1 is 0.941 bits per heavy atom. The molecule has 0 unspecified atom stereocenters. The first-order valence-electron chi connectivity index (χ1n) is 6.33. The summed E-state index contributed by atoms with van der Waals surface area (Å²) in [5.74, 6) is 0. The summed E-state index contributed by atoms with van der Waals surface area (Å²) >= 11 is 0. The number of hydrogen-bond donors (Lipinski definition) is 1. The zero-order valence-electron chi connectivity index (χ0n) is 11.8. The fourth-order valence-electron chi connectivity index (χ4n) is 2.46. The summed E-state index contributed by atoms with van der Waals surface area (Å²) in [6.45, 7) is 13.8. The molecule has 0 amide bonds. The highest BCUT2D eigenvalue weighted by atomic mass is 14.7. The molecule has 17 heavy (non-hydrogen) atoms. The van der Waals surface area contributed by atoms with Gasteiger partial charge in [-0.3, -0.25) is 0 Å². The number of nitrogens with one attached hydrogen (secondary N) is 1. The summed E-state index contributed by atoms with van der Waals surface area (Å²) < 4.78 is 0. The van der Waals surface area contributed by atoms with Crippen molar-refractivity contribution in [3.63, 3.8) is 0 Å². The van der Waals surface area contributed by atoms with Crippen molar-refractivity contribution in [3.05, 3.63) is 35.5 Å². The highest BCUT2D eigenvalue weighted by molar-refractivity contribution is 5.85. The van der Waals surface area contributed by atoms with Crippen molar-refractivity contribution in [2.24, 2.45) is 5.41 Å². The minimum absolute atomic E-state index is 0.149. The molecule has 0 aliphatic carbocycles. The average Bonchev–Trinajstić information content (AvgIpc) is 2.51. The molecule has 0 fully saturated rings. The number of aromatic nitrogens is 1. The average molecular weight is 229 g/mol. The van der Waals surface area contributed by atoms with Crippen molar-refractivity contribution in [1.82, 2.24) is 4.98 Å². The van der Waals surface area contributed by atoms with Gasteiger partial charge in [-0.25, -0.2) is 0 Å². The summed E-state index contributed by atoms with van der Waals surface area (Å²) in [6.07, 6.45) is 0. The van der Waals surface area contributed by atoms with Gasteiger partial charge in [0.2, 0.25) is 0 Å². The number of H-pyrrole nitrogens is 1. The second-order valence-electron chi connectivity index (χ2n) is 6.55. The van der Waals surface area contributed by atoms with E-state index >= 15 is 0 Å². The number of aryl methyl sites for hydroxylation is 1. The molecule has 1 aromatic heterocycles. The maximum atomic E-state index is 3.51. The fraction of sp³-hybridized carbons (Fsp3) is 0.500. The molecule has 92 valence electrons. The summed E-state index contributed by atoms with van der Waals surface area (Å²) in [4.78, 5) is 3.51. The molecule has 1 heteroatoms. The van der Waals surface area contributed by atoms with Crippen molar-refractivity contribution in [2.75, 3.05) is 0 Å². The lowest BCUT2D eigenvalue weighted by Gasteiger charge is -2.39. The van der Waals surface area contributed by atoms with E-state index in [1.807, 2.05) is 0 Å². The van der Waals surface area contributed by atoms with Crippen LogP contribution in [0.5, 0.6) is 0 Å². The number of aromatic amines is 1. The Hall–Kier alpha value is -1.24. The van der Waals surface area contributed by atoms with Crippen LogP contribution in [0, 0.1) is 12.3 Å². The number of hydrogen-bond acceptors (Lipinski definition) is 0. The van der Waals surface area contributed by atoms with E-state index in [1.54, 1.807) is 0 Å². The number of fused-ring (bicyclic) bond motifs is 1. The second kappa shape index (κ2) is 3.63. The highest BCUT2D eigenvalue weighted by Crippen LogP contribution is 2.44. The van der Waals surface area contributed by atoms with Crippen molar-refractivity contribution in [3.8, 4) is 0 Å². The molecule has 1 heterocycles.